The Morgan fingerprint density at radius 2 is 2.00 bits per heavy atom. The SMILES string of the molecule is CNNCc1cc(CNC(=O)OC(C)(C)C)ccc1F. The number of halogens is 1. The van der Waals surface area contributed by atoms with Gasteiger partial charge in [-0.05, 0) is 45.5 Å². The second kappa shape index (κ2) is 7.21. The van der Waals surface area contributed by atoms with Gasteiger partial charge in [-0.2, -0.15) is 0 Å². The van der Waals surface area contributed by atoms with Gasteiger partial charge in [-0.3, -0.25) is 10.9 Å². The minimum Gasteiger partial charge on any atom is -0.444 e. The Kier molecular flexibility index (Phi) is 5.91. The lowest BCUT2D eigenvalue weighted by molar-refractivity contribution is 0.0523. The maximum absolute atomic E-state index is 13.5. The zero-order valence-electron chi connectivity index (χ0n) is 12.3. The van der Waals surface area contributed by atoms with Crippen molar-refractivity contribution in [3.8, 4) is 0 Å². The molecule has 0 unspecified atom stereocenters. The first kappa shape index (κ1) is 16.4. The number of carbonyl (C=O) groups is 1. The molecule has 0 saturated carbocycles. The molecule has 0 radical (unpaired) electrons. The third kappa shape index (κ3) is 5.99. The molecule has 1 aromatic rings. The Morgan fingerprint density at radius 1 is 1.30 bits per heavy atom. The predicted octanol–water partition coefficient (Wildman–Crippen LogP) is 2.07. The standard InChI is InChI=1S/C14H22FN3O2/c1-14(2,3)20-13(19)17-8-10-5-6-12(15)11(7-10)9-18-16-4/h5-7,16,18H,8-9H2,1-4H3,(H,17,19). The number of alkyl carbamates (subject to hydrolysis) is 1. The van der Waals surface area contributed by atoms with E-state index in [4.69, 9.17) is 4.74 Å². The maximum Gasteiger partial charge on any atom is 0.407 e. The van der Waals surface area contributed by atoms with Crippen molar-refractivity contribution < 1.29 is 13.9 Å². The Labute approximate surface area is 118 Å². The average Bonchev–Trinajstić information content (AvgIpc) is 2.34. The van der Waals surface area contributed by atoms with Crippen LogP contribution in [0, 0.1) is 5.82 Å². The normalized spacial score (nSPS) is 11.2. The third-order valence-corrected chi connectivity index (χ3v) is 2.40. The van der Waals surface area contributed by atoms with Crippen molar-refractivity contribution in [2.75, 3.05) is 7.05 Å². The van der Waals surface area contributed by atoms with E-state index < -0.39 is 11.7 Å². The molecule has 112 valence electrons. The van der Waals surface area contributed by atoms with Gasteiger partial charge in [-0.25, -0.2) is 9.18 Å². The van der Waals surface area contributed by atoms with Crippen LogP contribution in [-0.2, 0) is 17.8 Å². The first-order valence-electron chi connectivity index (χ1n) is 6.45. The van der Waals surface area contributed by atoms with E-state index in [2.05, 4.69) is 16.2 Å². The van der Waals surface area contributed by atoms with Crippen molar-refractivity contribution in [2.45, 2.75) is 39.5 Å². The van der Waals surface area contributed by atoms with Crippen LogP contribution in [0.15, 0.2) is 18.2 Å². The van der Waals surface area contributed by atoms with Crippen LogP contribution in [-0.4, -0.2) is 18.7 Å². The van der Waals surface area contributed by atoms with Crippen molar-refractivity contribution in [2.24, 2.45) is 0 Å². The van der Waals surface area contributed by atoms with Crippen molar-refractivity contribution in [1.82, 2.24) is 16.2 Å². The van der Waals surface area contributed by atoms with E-state index in [1.54, 1.807) is 40.0 Å². The van der Waals surface area contributed by atoms with Gasteiger partial charge in [0.1, 0.15) is 11.4 Å². The van der Waals surface area contributed by atoms with E-state index in [-0.39, 0.29) is 5.82 Å². The summed E-state index contributed by atoms with van der Waals surface area (Å²) in [5.41, 5.74) is 6.37. The number of amides is 1. The average molecular weight is 283 g/mol. The first-order chi connectivity index (χ1) is 9.31. The molecule has 6 heteroatoms. The van der Waals surface area contributed by atoms with Gasteiger partial charge < -0.3 is 10.1 Å². The summed E-state index contributed by atoms with van der Waals surface area (Å²) >= 11 is 0. The third-order valence-electron chi connectivity index (χ3n) is 2.40. The Morgan fingerprint density at radius 3 is 2.60 bits per heavy atom. The molecule has 1 rings (SSSR count). The van der Waals surface area contributed by atoms with Gasteiger partial charge in [0.2, 0.25) is 0 Å². The molecule has 0 aromatic heterocycles. The van der Waals surface area contributed by atoms with E-state index in [1.807, 2.05) is 0 Å². The molecule has 0 spiro atoms. The van der Waals surface area contributed by atoms with Crippen LogP contribution in [0.2, 0.25) is 0 Å². The molecule has 1 aromatic carbocycles. The van der Waals surface area contributed by atoms with Crippen LogP contribution in [0.25, 0.3) is 0 Å². The van der Waals surface area contributed by atoms with Gasteiger partial charge in [0.25, 0.3) is 0 Å². The van der Waals surface area contributed by atoms with Crippen molar-refractivity contribution in [1.29, 1.82) is 0 Å². The lowest BCUT2D eigenvalue weighted by atomic mass is 10.1. The van der Waals surface area contributed by atoms with E-state index in [1.165, 1.54) is 6.07 Å². The summed E-state index contributed by atoms with van der Waals surface area (Å²) in [6, 6.07) is 4.73. The van der Waals surface area contributed by atoms with Gasteiger partial charge in [0.05, 0.1) is 0 Å². The van der Waals surface area contributed by atoms with Crippen LogP contribution in [0.4, 0.5) is 9.18 Å². The number of hydrogen-bond donors (Lipinski definition) is 3. The number of ether oxygens (including phenoxy) is 1. The molecular weight excluding hydrogens is 261 g/mol. The molecule has 20 heavy (non-hydrogen) atoms. The lowest BCUT2D eigenvalue weighted by Crippen LogP contribution is -2.32. The van der Waals surface area contributed by atoms with Crippen molar-refractivity contribution in [3.63, 3.8) is 0 Å². The smallest absolute Gasteiger partial charge is 0.407 e. The molecule has 5 nitrogen and oxygen atoms in total. The second-order valence-electron chi connectivity index (χ2n) is 5.38. The largest absolute Gasteiger partial charge is 0.444 e. The highest BCUT2D eigenvalue weighted by Crippen LogP contribution is 2.11. The molecular formula is C14H22FN3O2. The molecule has 0 aliphatic rings. The van der Waals surface area contributed by atoms with Crippen LogP contribution in [0.5, 0.6) is 0 Å². The number of rotatable bonds is 5. The minimum absolute atomic E-state index is 0.284. The van der Waals surface area contributed by atoms with Gasteiger partial charge in [-0.1, -0.05) is 6.07 Å². The Balaban J connectivity index is 2.58. The summed E-state index contributed by atoms with van der Waals surface area (Å²) in [6.45, 7) is 6.05. The quantitative estimate of drug-likeness (QED) is 0.724. The second-order valence-corrected chi connectivity index (χ2v) is 5.38. The predicted molar refractivity (Wildman–Crippen MR) is 75.4 cm³/mol. The number of benzene rings is 1. The number of carbonyl (C=O) groups excluding carboxylic acids is 1. The number of hydrogen-bond acceptors (Lipinski definition) is 4. The van der Waals surface area contributed by atoms with Crippen molar-refractivity contribution in [3.05, 3.63) is 35.1 Å². The molecule has 0 saturated heterocycles. The van der Waals surface area contributed by atoms with Crippen molar-refractivity contribution >= 4 is 6.09 Å². The van der Waals surface area contributed by atoms with Gasteiger partial charge >= 0.3 is 6.09 Å². The van der Waals surface area contributed by atoms with Crippen LogP contribution < -0.4 is 16.2 Å². The summed E-state index contributed by atoms with van der Waals surface area (Å²) in [5.74, 6) is -0.284. The minimum atomic E-state index is -0.533. The highest BCUT2D eigenvalue weighted by Gasteiger charge is 2.15. The fourth-order valence-corrected chi connectivity index (χ4v) is 1.55. The van der Waals surface area contributed by atoms with Crippen LogP contribution in [0.3, 0.4) is 0 Å². The van der Waals surface area contributed by atoms with E-state index >= 15 is 0 Å². The molecule has 1 amide bonds. The summed E-state index contributed by atoms with van der Waals surface area (Å²) in [6.07, 6.45) is -0.489. The summed E-state index contributed by atoms with van der Waals surface area (Å²) < 4.78 is 18.7. The molecule has 0 aliphatic heterocycles. The topological polar surface area (TPSA) is 62.4 Å². The monoisotopic (exact) mass is 283 g/mol. The van der Waals surface area contributed by atoms with E-state index in [9.17, 15) is 9.18 Å². The summed E-state index contributed by atoms with van der Waals surface area (Å²) in [7, 11) is 1.71. The molecule has 3 N–H and O–H groups in total. The summed E-state index contributed by atoms with van der Waals surface area (Å²) in [5, 5.41) is 2.64. The lowest BCUT2D eigenvalue weighted by Gasteiger charge is -2.19. The molecule has 0 bridgehead atoms. The van der Waals surface area contributed by atoms with Crippen LogP contribution >= 0.6 is 0 Å². The highest BCUT2D eigenvalue weighted by molar-refractivity contribution is 5.67. The fraction of sp³-hybridized carbons (Fsp3) is 0.500. The number of hydrazine groups is 1. The van der Waals surface area contributed by atoms with E-state index in [0.29, 0.717) is 18.7 Å². The Hall–Kier alpha value is -1.66. The van der Waals surface area contributed by atoms with Gasteiger partial charge in [0.15, 0.2) is 0 Å². The van der Waals surface area contributed by atoms with Crippen LogP contribution in [0.1, 0.15) is 31.9 Å². The van der Waals surface area contributed by atoms with E-state index in [0.717, 1.165) is 5.56 Å². The van der Waals surface area contributed by atoms with Gasteiger partial charge in [-0.15, -0.1) is 0 Å². The highest BCUT2D eigenvalue weighted by atomic mass is 19.1. The molecule has 0 heterocycles. The fourth-order valence-electron chi connectivity index (χ4n) is 1.55. The molecule has 0 atom stereocenters. The number of nitrogens with one attached hydrogen (secondary N) is 3. The zero-order chi connectivity index (χ0) is 15.2. The molecule has 0 fully saturated rings. The maximum atomic E-state index is 13.5. The zero-order valence-corrected chi connectivity index (χ0v) is 12.3. The van der Waals surface area contributed by atoms with Gasteiger partial charge in [0, 0.05) is 18.7 Å². The summed E-state index contributed by atoms with van der Waals surface area (Å²) in [4.78, 5) is 11.5. The Bertz CT molecular complexity index is 458. The first-order valence-corrected chi connectivity index (χ1v) is 6.45. The molecule has 0 aliphatic carbocycles.